The molecule has 0 fully saturated rings. The quantitative estimate of drug-likeness (QED) is 0.718. The van der Waals surface area contributed by atoms with Gasteiger partial charge in [-0.05, 0) is 48.6 Å². The van der Waals surface area contributed by atoms with Crippen molar-refractivity contribution in [1.29, 1.82) is 0 Å². The van der Waals surface area contributed by atoms with E-state index in [1.807, 2.05) is 18.2 Å². The Morgan fingerprint density at radius 1 is 0.818 bits per heavy atom. The molecule has 0 atom stereocenters. The molecule has 0 aliphatic carbocycles. The van der Waals surface area contributed by atoms with E-state index in [0.717, 1.165) is 17.1 Å². The number of rotatable bonds is 5. The lowest BCUT2D eigenvalue weighted by atomic mass is 9.87. The molecule has 0 aliphatic rings. The van der Waals surface area contributed by atoms with Crippen molar-refractivity contribution in [2.45, 2.75) is 40.0 Å². The highest BCUT2D eigenvalue weighted by Crippen LogP contribution is 2.24. The molecule has 2 heteroatoms. The first kappa shape index (κ1) is 16.4. The zero-order chi connectivity index (χ0) is 16.2. The van der Waals surface area contributed by atoms with E-state index in [2.05, 4.69) is 58.9 Å². The van der Waals surface area contributed by atoms with Gasteiger partial charge in [-0.3, -0.25) is 0 Å². The standard InChI is InChI=1S/C20H26O2/c1-15-6-11-19(16(2)14-15)22-13-12-21-18-9-7-17(8-10-18)20(3,4)5/h6-11,14H,12-13H2,1-5H3. The molecule has 118 valence electrons. The van der Waals surface area contributed by atoms with Crippen molar-refractivity contribution >= 4 is 0 Å². The number of benzene rings is 2. The molecular formula is C20H26O2. The maximum atomic E-state index is 5.77. The predicted molar refractivity (Wildman–Crippen MR) is 92.0 cm³/mol. The SMILES string of the molecule is Cc1ccc(OCCOc2ccc(C(C)(C)C)cc2)c(C)c1. The lowest BCUT2D eigenvalue weighted by Crippen LogP contribution is -2.11. The van der Waals surface area contributed by atoms with Crippen molar-refractivity contribution < 1.29 is 9.47 Å². The van der Waals surface area contributed by atoms with Crippen LogP contribution in [0.4, 0.5) is 0 Å². The van der Waals surface area contributed by atoms with E-state index < -0.39 is 0 Å². The van der Waals surface area contributed by atoms with Gasteiger partial charge in [-0.2, -0.15) is 0 Å². The van der Waals surface area contributed by atoms with Crippen molar-refractivity contribution in [2.75, 3.05) is 13.2 Å². The molecule has 2 rings (SSSR count). The third-order valence-electron chi connectivity index (χ3n) is 3.66. The molecule has 0 spiro atoms. The van der Waals surface area contributed by atoms with Crippen molar-refractivity contribution in [2.24, 2.45) is 0 Å². The van der Waals surface area contributed by atoms with Crippen LogP contribution in [0.25, 0.3) is 0 Å². The molecule has 0 aromatic heterocycles. The summed E-state index contributed by atoms with van der Waals surface area (Å²) < 4.78 is 11.5. The second kappa shape index (κ2) is 6.87. The summed E-state index contributed by atoms with van der Waals surface area (Å²) in [7, 11) is 0. The van der Waals surface area contributed by atoms with Crippen molar-refractivity contribution in [3.63, 3.8) is 0 Å². The zero-order valence-corrected chi connectivity index (χ0v) is 14.3. The summed E-state index contributed by atoms with van der Waals surface area (Å²) >= 11 is 0. The first-order chi connectivity index (χ1) is 10.4. The van der Waals surface area contributed by atoms with Gasteiger partial charge in [-0.15, -0.1) is 0 Å². The van der Waals surface area contributed by atoms with Crippen LogP contribution in [0.3, 0.4) is 0 Å². The summed E-state index contributed by atoms with van der Waals surface area (Å²) in [4.78, 5) is 0. The molecule has 2 aromatic rings. The smallest absolute Gasteiger partial charge is 0.122 e. The van der Waals surface area contributed by atoms with Crippen LogP contribution in [0, 0.1) is 13.8 Å². The topological polar surface area (TPSA) is 18.5 Å². The summed E-state index contributed by atoms with van der Waals surface area (Å²) in [6.45, 7) is 11.9. The summed E-state index contributed by atoms with van der Waals surface area (Å²) in [5.74, 6) is 1.81. The third kappa shape index (κ3) is 4.52. The zero-order valence-electron chi connectivity index (χ0n) is 14.3. The van der Waals surface area contributed by atoms with Crippen molar-refractivity contribution in [3.05, 3.63) is 59.2 Å². The van der Waals surface area contributed by atoms with Gasteiger partial charge in [0.1, 0.15) is 24.7 Å². The molecule has 2 aromatic carbocycles. The lowest BCUT2D eigenvalue weighted by Gasteiger charge is -2.19. The Kier molecular flexibility index (Phi) is 5.12. The van der Waals surface area contributed by atoms with Gasteiger partial charge in [0, 0.05) is 0 Å². The van der Waals surface area contributed by atoms with E-state index in [1.165, 1.54) is 11.1 Å². The van der Waals surface area contributed by atoms with E-state index in [9.17, 15) is 0 Å². The Morgan fingerprint density at radius 3 is 2.05 bits per heavy atom. The second-order valence-electron chi connectivity index (χ2n) is 6.74. The summed E-state index contributed by atoms with van der Waals surface area (Å²) in [5, 5.41) is 0. The normalized spacial score (nSPS) is 11.3. The molecular weight excluding hydrogens is 272 g/mol. The van der Waals surface area contributed by atoms with Gasteiger partial charge in [0.2, 0.25) is 0 Å². The average Bonchev–Trinajstić information content (AvgIpc) is 2.45. The number of ether oxygens (including phenoxy) is 2. The fraction of sp³-hybridized carbons (Fsp3) is 0.400. The molecule has 0 bridgehead atoms. The highest BCUT2D eigenvalue weighted by molar-refractivity contribution is 5.35. The Morgan fingerprint density at radius 2 is 1.45 bits per heavy atom. The fourth-order valence-electron chi connectivity index (χ4n) is 2.32. The predicted octanol–water partition coefficient (Wildman–Crippen LogP) is 5.06. The number of aryl methyl sites for hydroxylation is 2. The van der Waals surface area contributed by atoms with Gasteiger partial charge in [0.15, 0.2) is 0 Å². The van der Waals surface area contributed by atoms with E-state index in [-0.39, 0.29) is 5.41 Å². The average molecular weight is 298 g/mol. The molecule has 0 amide bonds. The minimum Gasteiger partial charge on any atom is -0.490 e. The Balaban J connectivity index is 1.81. The Labute approximate surface area is 134 Å². The molecule has 2 nitrogen and oxygen atoms in total. The number of hydrogen-bond donors (Lipinski definition) is 0. The first-order valence-corrected chi connectivity index (χ1v) is 7.79. The summed E-state index contributed by atoms with van der Waals surface area (Å²) in [6, 6.07) is 14.5. The van der Waals surface area contributed by atoms with E-state index in [4.69, 9.17) is 9.47 Å². The van der Waals surface area contributed by atoms with Crippen LogP contribution in [-0.4, -0.2) is 13.2 Å². The highest BCUT2D eigenvalue weighted by atomic mass is 16.5. The minimum absolute atomic E-state index is 0.171. The van der Waals surface area contributed by atoms with E-state index in [0.29, 0.717) is 13.2 Å². The van der Waals surface area contributed by atoms with Gasteiger partial charge >= 0.3 is 0 Å². The molecule has 0 heterocycles. The van der Waals surface area contributed by atoms with Crippen LogP contribution in [0.1, 0.15) is 37.5 Å². The summed E-state index contributed by atoms with van der Waals surface area (Å²) in [6.07, 6.45) is 0. The van der Waals surface area contributed by atoms with Crippen LogP contribution in [0.2, 0.25) is 0 Å². The van der Waals surface area contributed by atoms with Gasteiger partial charge < -0.3 is 9.47 Å². The van der Waals surface area contributed by atoms with Crippen LogP contribution in [-0.2, 0) is 5.41 Å². The van der Waals surface area contributed by atoms with Crippen LogP contribution in [0.15, 0.2) is 42.5 Å². The fourth-order valence-corrected chi connectivity index (χ4v) is 2.32. The lowest BCUT2D eigenvalue weighted by molar-refractivity contribution is 0.216. The largest absolute Gasteiger partial charge is 0.490 e. The minimum atomic E-state index is 0.171. The molecule has 0 saturated carbocycles. The monoisotopic (exact) mass is 298 g/mol. The van der Waals surface area contributed by atoms with Gasteiger partial charge in [-0.25, -0.2) is 0 Å². The van der Waals surface area contributed by atoms with Crippen molar-refractivity contribution in [1.82, 2.24) is 0 Å². The first-order valence-electron chi connectivity index (χ1n) is 7.79. The molecule has 0 saturated heterocycles. The highest BCUT2D eigenvalue weighted by Gasteiger charge is 2.12. The van der Waals surface area contributed by atoms with Gasteiger partial charge in [0.25, 0.3) is 0 Å². The molecule has 0 radical (unpaired) electrons. The summed E-state index contributed by atoms with van der Waals surface area (Å²) in [5.41, 5.74) is 3.89. The molecule has 0 unspecified atom stereocenters. The van der Waals surface area contributed by atoms with Crippen LogP contribution < -0.4 is 9.47 Å². The third-order valence-corrected chi connectivity index (χ3v) is 3.66. The Hall–Kier alpha value is -1.96. The van der Waals surface area contributed by atoms with E-state index in [1.54, 1.807) is 0 Å². The van der Waals surface area contributed by atoms with Crippen LogP contribution >= 0.6 is 0 Å². The maximum absolute atomic E-state index is 5.77. The molecule has 0 aliphatic heterocycles. The van der Waals surface area contributed by atoms with E-state index >= 15 is 0 Å². The maximum Gasteiger partial charge on any atom is 0.122 e. The van der Waals surface area contributed by atoms with Crippen LogP contribution in [0.5, 0.6) is 11.5 Å². The molecule has 0 N–H and O–H groups in total. The Bertz CT molecular complexity index is 607. The van der Waals surface area contributed by atoms with Crippen molar-refractivity contribution in [3.8, 4) is 11.5 Å². The van der Waals surface area contributed by atoms with Gasteiger partial charge in [0.05, 0.1) is 0 Å². The van der Waals surface area contributed by atoms with Gasteiger partial charge in [-0.1, -0.05) is 50.6 Å². The molecule has 22 heavy (non-hydrogen) atoms. The second-order valence-corrected chi connectivity index (χ2v) is 6.74. The number of hydrogen-bond acceptors (Lipinski definition) is 2.